The number of methoxy groups -OCH3 is 1. The van der Waals surface area contributed by atoms with Crippen molar-refractivity contribution in [2.75, 3.05) is 93.0 Å². The van der Waals surface area contributed by atoms with Crippen LogP contribution >= 0.6 is 0 Å². The van der Waals surface area contributed by atoms with Crippen LogP contribution in [0.1, 0.15) is 13.8 Å². The summed E-state index contributed by atoms with van der Waals surface area (Å²) in [6.07, 6.45) is 6.19. The number of carboxylic acids is 1. The Morgan fingerprint density at radius 3 is 1.45 bits per heavy atom. The molecule has 0 saturated heterocycles. The molecule has 1 aromatic rings. The van der Waals surface area contributed by atoms with Crippen LogP contribution in [0.2, 0.25) is 0 Å². The van der Waals surface area contributed by atoms with E-state index in [2.05, 4.69) is 34.8 Å². The number of imidazole rings is 1. The van der Waals surface area contributed by atoms with E-state index < -0.39 is 5.97 Å². The minimum absolute atomic E-state index is 0.550. The molecule has 0 radical (unpaired) electrons. The SMILES string of the molecule is CC(=O)[O-].CCn1cc[n+](CCOCCOCCOCCOCCOCCOCCOC)c1. The van der Waals surface area contributed by atoms with Crippen LogP contribution in [0.3, 0.4) is 0 Å². The maximum atomic E-state index is 8.89. The third kappa shape index (κ3) is 24.9. The van der Waals surface area contributed by atoms with Crippen molar-refractivity contribution in [1.82, 2.24) is 4.57 Å². The van der Waals surface area contributed by atoms with Gasteiger partial charge in [0.25, 0.3) is 0 Å². The topological polar surface area (TPSA) is 114 Å². The van der Waals surface area contributed by atoms with E-state index in [4.69, 9.17) is 43.1 Å². The number of carbonyl (C=O) groups excluding carboxylic acids is 1. The van der Waals surface area contributed by atoms with Gasteiger partial charge < -0.3 is 43.1 Å². The number of aliphatic carboxylic acids is 1. The van der Waals surface area contributed by atoms with E-state index in [0.29, 0.717) is 85.9 Å². The summed E-state index contributed by atoms with van der Waals surface area (Å²) in [4.78, 5) is 8.89. The number of rotatable bonds is 22. The first-order chi connectivity index (χ1) is 16.1. The molecule has 1 heterocycles. The van der Waals surface area contributed by atoms with Crippen molar-refractivity contribution in [3.8, 4) is 0 Å². The molecule has 0 unspecified atom stereocenters. The van der Waals surface area contributed by atoms with E-state index in [0.717, 1.165) is 20.0 Å². The molecular formula is C22H42N2O9. The average Bonchev–Trinajstić information content (AvgIpc) is 3.25. The van der Waals surface area contributed by atoms with E-state index in [1.54, 1.807) is 7.11 Å². The Labute approximate surface area is 197 Å². The number of aryl methyl sites for hydroxylation is 1. The van der Waals surface area contributed by atoms with Gasteiger partial charge in [0, 0.05) is 13.1 Å². The van der Waals surface area contributed by atoms with Gasteiger partial charge >= 0.3 is 0 Å². The molecule has 0 atom stereocenters. The Hall–Kier alpha value is -1.60. The number of carboxylic acid groups (broad SMARTS) is 1. The van der Waals surface area contributed by atoms with Crippen molar-refractivity contribution in [1.29, 1.82) is 0 Å². The first-order valence-electron chi connectivity index (χ1n) is 11.3. The molecule has 0 amide bonds. The van der Waals surface area contributed by atoms with Crippen molar-refractivity contribution < 1.29 is 47.6 Å². The van der Waals surface area contributed by atoms with Crippen molar-refractivity contribution >= 4 is 5.97 Å². The molecule has 1 rings (SSSR count). The molecule has 0 aliphatic heterocycles. The van der Waals surface area contributed by atoms with Crippen LogP contribution in [0.25, 0.3) is 0 Å². The molecule has 0 aliphatic rings. The Morgan fingerprint density at radius 1 is 0.758 bits per heavy atom. The van der Waals surface area contributed by atoms with Crippen LogP contribution in [-0.4, -0.2) is 104 Å². The van der Waals surface area contributed by atoms with Crippen LogP contribution < -0.4 is 9.67 Å². The first-order valence-corrected chi connectivity index (χ1v) is 11.3. The molecule has 0 bridgehead atoms. The van der Waals surface area contributed by atoms with Gasteiger partial charge in [-0.3, -0.25) is 0 Å². The first kappa shape index (κ1) is 31.4. The number of hydrogen-bond donors (Lipinski definition) is 0. The molecule has 194 valence electrons. The zero-order valence-corrected chi connectivity index (χ0v) is 20.4. The van der Waals surface area contributed by atoms with Crippen molar-refractivity contribution in [2.24, 2.45) is 0 Å². The molecule has 1 aromatic heterocycles. The molecule has 0 aromatic carbocycles. The predicted octanol–water partition coefficient (Wildman–Crippen LogP) is -0.702. The summed E-state index contributed by atoms with van der Waals surface area (Å²) < 4.78 is 41.7. The fourth-order valence-electron chi connectivity index (χ4n) is 2.27. The van der Waals surface area contributed by atoms with Gasteiger partial charge in [0.2, 0.25) is 6.33 Å². The fourth-order valence-corrected chi connectivity index (χ4v) is 2.27. The highest BCUT2D eigenvalue weighted by Gasteiger charge is 2.01. The summed E-state index contributed by atoms with van der Waals surface area (Å²) in [5.74, 6) is -1.08. The normalized spacial score (nSPS) is 10.8. The van der Waals surface area contributed by atoms with E-state index >= 15 is 0 Å². The summed E-state index contributed by atoms with van der Waals surface area (Å²) in [5, 5.41) is 8.89. The number of carbonyl (C=O) groups is 1. The standard InChI is InChI=1S/C20H39N2O7.C2H4O2/c1-3-21-4-5-22(20-21)6-7-24-10-11-26-14-15-28-18-19-29-17-16-27-13-12-25-9-8-23-2;1-2(3)4/h4-5,20H,3,6-19H2,1-2H3;1H3,(H,3,4)/q+1;/p-1. The lowest BCUT2D eigenvalue weighted by molar-refractivity contribution is -0.698. The van der Waals surface area contributed by atoms with Gasteiger partial charge in [-0.15, -0.1) is 0 Å². The molecule has 0 aliphatic carbocycles. The Balaban J connectivity index is 0.00000235. The van der Waals surface area contributed by atoms with Gasteiger partial charge in [-0.2, -0.15) is 0 Å². The number of ether oxygens (including phenoxy) is 7. The summed E-state index contributed by atoms with van der Waals surface area (Å²) in [6, 6.07) is 0. The van der Waals surface area contributed by atoms with Crippen molar-refractivity contribution in [2.45, 2.75) is 26.9 Å². The van der Waals surface area contributed by atoms with Gasteiger partial charge in [-0.25, -0.2) is 9.13 Å². The summed E-state index contributed by atoms with van der Waals surface area (Å²) in [7, 11) is 1.65. The summed E-state index contributed by atoms with van der Waals surface area (Å²) >= 11 is 0. The van der Waals surface area contributed by atoms with E-state index in [-0.39, 0.29) is 0 Å². The molecule has 0 N–H and O–H groups in total. The van der Waals surface area contributed by atoms with Crippen molar-refractivity contribution in [3.05, 3.63) is 18.7 Å². The number of nitrogens with zero attached hydrogens (tertiary/aromatic N) is 2. The van der Waals surface area contributed by atoms with Gasteiger partial charge in [-0.1, -0.05) is 0 Å². The summed E-state index contributed by atoms with van der Waals surface area (Å²) in [5.41, 5.74) is 0. The third-order valence-corrected chi connectivity index (χ3v) is 3.90. The maximum absolute atomic E-state index is 8.89. The lowest BCUT2D eigenvalue weighted by atomic mass is 10.6. The summed E-state index contributed by atoms with van der Waals surface area (Å²) in [6.45, 7) is 12.4. The molecule has 33 heavy (non-hydrogen) atoms. The van der Waals surface area contributed by atoms with Gasteiger partial charge in [-0.05, 0) is 13.8 Å². The van der Waals surface area contributed by atoms with E-state index in [1.807, 2.05) is 0 Å². The second-order valence-corrected chi connectivity index (χ2v) is 6.64. The van der Waals surface area contributed by atoms with Crippen LogP contribution in [0.5, 0.6) is 0 Å². The van der Waals surface area contributed by atoms with Gasteiger partial charge in [0.15, 0.2) is 0 Å². The molecule has 0 fully saturated rings. The Kier molecular flexibility index (Phi) is 23.8. The largest absolute Gasteiger partial charge is 0.550 e. The zero-order chi connectivity index (χ0) is 24.4. The fraction of sp³-hybridized carbons (Fsp3) is 0.818. The van der Waals surface area contributed by atoms with Crippen molar-refractivity contribution in [3.63, 3.8) is 0 Å². The maximum Gasteiger partial charge on any atom is 0.243 e. The second-order valence-electron chi connectivity index (χ2n) is 6.64. The molecule has 11 nitrogen and oxygen atoms in total. The van der Waals surface area contributed by atoms with Gasteiger partial charge in [0.05, 0.1) is 92.4 Å². The number of aromatic nitrogens is 2. The van der Waals surface area contributed by atoms with Gasteiger partial charge in [0.1, 0.15) is 18.9 Å². The highest BCUT2D eigenvalue weighted by atomic mass is 16.6. The molecular weight excluding hydrogens is 436 g/mol. The minimum Gasteiger partial charge on any atom is -0.550 e. The quantitative estimate of drug-likeness (QED) is 0.158. The average molecular weight is 479 g/mol. The molecule has 11 heteroatoms. The second kappa shape index (κ2) is 25.0. The molecule has 0 saturated carbocycles. The van der Waals surface area contributed by atoms with E-state index in [9.17, 15) is 0 Å². The van der Waals surface area contributed by atoms with E-state index in [1.165, 1.54) is 0 Å². The highest BCUT2D eigenvalue weighted by molar-refractivity contribution is 5.60. The van der Waals surface area contributed by atoms with Crippen LogP contribution in [0, 0.1) is 0 Å². The lowest BCUT2D eigenvalue weighted by Crippen LogP contribution is -2.33. The zero-order valence-electron chi connectivity index (χ0n) is 20.4. The number of hydrogen-bond acceptors (Lipinski definition) is 9. The highest BCUT2D eigenvalue weighted by Crippen LogP contribution is 1.86. The monoisotopic (exact) mass is 478 g/mol. The molecule has 0 spiro atoms. The predicted molar refractivity (Wildman–Crippen MR) is 118 cm³/mol. The Bertz CT molecular complexity index is 540. The van der Waals surface area contributed by atoms with Crippen LogP contribution in [0.15, 0.2) is 18.7 Å². The minimum atomic E-state index is -1.08. The van der Waals surface area contributed by atoms with Crippen LogP contribution in [0.4, 0.5) is 0 Å². The Morgan fingerprint density at radius 2 is 1.12 bits per heavy atom. The third-order valence-electron chi connectivity index (χ3n) is 3.90. The van der Waals surface area contributed by atoms with Crippen LogP contribution in [-0.2, 0) is 51.0 Å². The lowest BCUT2D eigenvalue weighted by Gasteiger charge is -2.08. The smallest absolute Gasteiger partial charge is 0.243 e.